The van der Waals surface area contributed by atoms with Gasteiger partial charge in [-0.2, -0.15) is 0 Å². The predicted octanol–water partition coefficient (Wildman–Crippen LogP) is 2.06. The van der Waals surface area contributed by atoms with Gasteiger partial charge < -0.3 is 14.7 Å². The Morgan fingerprint density at radius 3 is 2.92 bits per heavy atom. The smallest absolute Gasteiger partial charge is 0.247 e. The highest BCUT2D eigenvalue weighted by molar-refractivity contribution is 5.89. The van der Waals surface area contributed by atoms with E-state index in [1.54, 1.807) is 12.1 Å². The van der Waals surface area contributed by atoms with Crippen LogP contribution in [0.3, 0.4) is 0 Å². The summed E-state index contributed by atoms with van der Waals surface area (Å²) in [5, 5.41) is 6.63. The van der Waals surface area contributed by atoms with E-state index in [1.807, 2.05) is 13.8 Å². The Labute approximate surface area is 145 Å². The van der Waals surface area contributed by atoms with E-state index in [-0.39, 0.29) is 18.2 Å². The summed E-state index contributed by atoms with van der Waals surface area (Å²) < 4.78 is 18.7. The third-order valence-electron chi connectivity index (χ3n) is 4.47. The van der Waals surface area contributed by atoms with Crippen LogP contribution in [0.15, 0.2) is 28.8 Å². The van der Waals surface area contributed by atoms with Gasteiger partial charge >= 0.3 is 0 Å². The van der Waals surface area contributed by atoms with Gasteiger partial charge in [0.15, 0.2) is 0 Å². The quantitative estimate of drug-likeness (QED) is 0.920. The molecular formula is C18H20FN3O3. The lowest BCUT2D eigenvalue weighted by atomic mass is 10.0. The van der Waals surface area contributed by atoms with Crippen LogP contribution < -0.4 is 5.32 Å². The number of aryl methyl sites for hydroxylation is 2. The minimum atomic E-state index is -0.804. The average Bonchev–Trinajstić information content (AvgIpc) is 2.90. The van der Waals surface area contributed by atoms with Gasteiger partial charge in [-0.3, -0.25) is 9.59 Å². The van der Waals surface area contributed by atoms with Gasteiger partial charge in [-0.25, -0.2) is 4.39 Å². The molecule has 2 amide bonds. The van der Waals surface area contributed by atoms with Gasteiger partial charge in [0.05, 0.1) is 5.69 Å². The van der Waals surface area contributed by atoms with Crippen molar-refractivity contribution < 1.29 is 18.5 Å². The summed E-state index contributed by atoms with van der Waals surface area (Å²) in [5.41, 5.74) is 2.16. The number of carbonyl (C=O) groups is 2. The maximum Gasteiger partial charge on any atom is 0.247 e. The molecule has 2 aromatic rings. The van der Waals surface area contributed by atoms with Crippen molar-refractivity contribution in [2.75, 3.05) is 13.1 Å². The standard InChI is InChI=1S/C18H20FN3O3/c1-11-15(12(2)25-21-11)6-7-16(23)22-9-8-20-18(24)17(22)13-4-3-5-14(19)10-13/h3-5,10,17H,6-9H2,1-2H3,(H,20,24). The van der Waals surface area contributed by atoms with Gasteiger partial charge in [0.1, 0.15) is 17.6 Å². The van der Waals surface area contributed by atoms with E-state index in [0.717, 1.165) is 11.3 Å². The molecule has 1 atom stereocenters. The molecule has 1 aliphatic heterocycles. The van der Waals surface area contributed by atoms with Gasteiger partial charge in [0, 0.05) is 25.1 Å². The zero-order valence-electron chi connectivity index (χ0n) is 14.2. The highest BCUT2D eigenvalue weighted by Gasteiger charge is 2.34. The Morgan fingerprint density at radius 1 is 1.44 bits per heavy atom. The molecule has 132 valence electrons. The summed E-state index contributed by atoms with van der Waals surface area (Å²) in [5.74, 6) is -0.172. The van der Waals surface area contributed by atoms with Crippen molar-refractivity contribution in [2.24, 2.45) is 0 Å². The summed E-state index contributed by atoms with van der Waals surface area (Å²) >= 11 is 0. The lowest BCUT2D eigenvalue weighted by Gasteiger charge is -2.35. The topological polar surface area (TPSA) is 75.4 Å². The lowest BCUT2D eigenvalue weighted by molar-refractivity contribution is -0.143. The van der Waals surface area contributed by atoms with Crippen LogP contribution in [0.1, 0.15) is 35.0 Å². The first kappa shape index (κ1) is 17.1. The fourth-order valence-corrected chi connectivity index (χ4v) is 3.18. The Bertz CT molecular complexity index is 783. The second-order valence-electron chi connectivity index (χ2n) is 6.14. The molecule has 0 spiro atoms. The highest BCUT2D eigenvalue weighted by atomic mass is 19.1. The molecule has 1 aromatic carbocycles. The number of halogens is 1. The number of benzene rings is 1. The molecule has 1 unspecified atom stereocenters. The van der Waals surface area contributed by atoms with E-state index in [9.17, 15) is 14.0 Å². The Balaban J connectivity index is 1.78. The maximum atomic E-state index is 13.5. The van der Waals surface area contributed by atoms with Gasteiger partial charge in [0.25, 0.3) is 0 Å². The molecule has 6 nitrogen and oxygen atoms in total. The fraction of sp³-hybridized carbons (Fsp3) is 0.389. The summed E-state index contributed by atoms with van der Waals surface area (Å²) in [6, 6.07) is 5.01. The van der Waals surface area contributed by atoms with Crippen LogP contribution in [0.4, 0.5) is 4.39 Å². The number of nitrogens with zero attached hydrogens (tertiary/aromatic N) is 2. The molecule has 1 saturated heterocycles. The van der Waals surface area contributed by atoms with E-state index in [4.69, 9.17) is 4.52 Å². The van der Waals surface area contributed by atoms with Crippen molar-refractivity contribution in [3.05, 3.63) is 52.7 Å². The summed E-state index contributed by atoms with van der Waals surface area (Å²) in [4.78, 5) is 26.6. The average molecular weight is 345 g/mol. The normalized spacial score (nSPS) is 17.5. The number of rotatable bonds is 4. The molecule has 0 radical (unpaired) electrons. The van der Waals surface area contributed by atoms with Crippen molar-refractivity contribution >= 4 is 11.8 Å². The number of aromatic nitrogens is 1. The van der Waals surface area contributed by atoms with Gasteiger partial charge in [0.2, 0.25) is 11.8 Å². The largest absolute Gasteiger partial charge is 0.361 e. The first-order chi connectivity index (χ1) is 12.0. The maximum absolute atomic E-state index is 13.5. The van der Waals surface area contributed by atoms with Crippen LogP contribution in [-0.4, -0.2) is 35.0 Å². The van der Waals surface area contributed by atoms with Crippen LogP contribution in [0.5, 0.6) is 0 Å². The molecule has 1 N–H and O–H groups in total. The molecule has 1 fully saturated rings. The number of hydrogen-bond donors (Lipinski definition) is 1. The van der Waals surface area contributed by atoms with Crippen LogP contribution in [0, 0.1) is 19.7 Å². The van der Waals surface area contributed by atoms with E-state index in [1.165, 1.54) is 17.0 Å². The summed E-state index contributed by atoms with van der Waals surface area (Å²) in [6.45, 7) is 4.43. The first-order valence-electron chi connectivity index (χ1n) is 8.21. The number of nitrogens with one attached hydrogen (secondary N) is 1. The van der Waals surface area contributed by atoms with Gasteiger partial charge in [-0.05, 0) is 38.0 Å². The van der Waals surface area contributed by atoms with E-state index in [0.29, 0.717) is 30.8 Å². The molecule has 7 heteroatoms. The zero-order valence-corrected chi connectivity index (χ0v) is 14.2. The fourth-order valence-electron chi connectivity index (χ4n) is 3.18. The van der Waals surface area contributed by atoms with E-state index < -0.39 is 11.9 Å². The number of hydrogen-bond acceptors (Lipinski definition) is 4. The molecule has 25 heavy (non-hydrogen) atoms. The van der Waals surface area contributed by atoms with Gasteiger partial charge in [-0.1, -0.05) is 17.3 Å². The molecule has 3 rings (SSSR count). The minimum Gasteiger partial charge on any atom is -0.361 e. The highest BCUT2D eigenvalue weighted by Crippen LogP contribution is 2.25. The molecule has 1 aromatic heterocycles. The minimum absolute atomic E-state index is 0.149. The monoisotopic (exact) mass is 345 g/mol. The molecular weight excluding hydrogens is 325 g/mol. The summed E-state index contributed by atoms with van der Waals surface area (Å²) in [6.07, 6.45) is 0.732. The molecule has 1 aliphatic rings. The zero-order chi connectivity index (χ0) is 18.0. The molecule has 0 aliphatic carbocycles. The summed E-state index contributed by atoms with van der Waals surface area (Å²) in [7, 11) is 0. The third-order valence-corrected chi connectivity index (χ3v) is 4.47. The van der Waals surface area contributed by atoms with Crippen LogP contribution in [0.25, 0.3) is 0 Å². The Hall–Kier alpha value is -2.70. The van der Waals surface area contributed by atoms with Crippen molar-refractivity contribution in [2.45, 2.75) is 32.7 Å². The third kappa shape index (κ3) is 3.55. The van der Waals surface area contributed by atoms with Crippen molar-refractivity contribution in [1.29, 1.82) is 0 Å². The Morgan fingerprint density at radius 2 is 2.24 bits per heavy atom. The van der Waals surface area contributed by atoms with Crippen molar-refractivity contribution in [1.82, 2.24) is 15.4 Å². The number of piperazine rings is 1. The van der Waals surface area contributed by atoms with Gasteiger partial charge in [-0.15, -0.1) is 0 Å². The van der Waals surface area contributed by atoms with Crippen molar-refractivity contribution in [3.63, 3.8) is 0 Å². The second kappa shape index (κ2) is 7.04. The van der Waals surface area contributed by atoms with Crippen LogP contribution >= 0.6 is 0 Å². The van der Waals surface area contributed by atoms with E-state index in [2.05, 4.69) is 10.5 Å². The van der Waals surface area contributed by atoms with Crippen molar-refractivity contribution in [3.8, 4) is 0 Å². The predicted molar refractivity (Wildman–Crippen MR) is 88.2 cm³/mol. The number of carbonyl (C=O) groups excluding carboxylic acids is 2. The van der Waals surface area contributed by atoms with E-state index >= 15 is 0 Å². The number of amides is 2. The second-order valence-corrected chi connectivity index (χ2v) is 6.14. The first-order valence-corrected chi connectivity index (χ1v) is 8.21. The Kier molecular flexibility index (Phi) is 4.83. The van der Waals surface area contributed by atoms with Crippen LogP contribution in [-0.2, 0) is 16.0 Å². The molecule has 0 bridgehead atoms. The molecule has 0 saturated carbocycles. The molecule has 2 heterocycles. The lowest BCUT2D eigenvalue weighted by Crippen LogP contribution is -2.52. The SMILES string of the molecule is Cc1noc(C)c1CCC(=O)N1CCNC(=O)C1c1cccc(F)c1. The van der Waals surface area contributed by atoms with Crippen LogP contribution in [0.2, 0.25) is 0 Å².